The van der Waals surface area contributed by atoms with Crippen molar-refractivity contribution in [2.24, 2.45) is 7.05 Å². The van der Waals surface area contributed by atoms with Gasteiger partial charge in [-0.2, -0.15) is 5.10 Å². The molecule has 7 nitrogen and oxygen atoms in total. The molecule has 1 aromatic heterocycles. The number of carbonyl (C=O) groups excluding carboxylic acids is 1. The maximum atomic E-state index is 11.6. The van der Waals surface area contributed by atoms with Crippen LogP contribution in [-0.2, 0) is 27.9 Å². The van der Waals surface area contributed by atoms with Crippen molar-refractivity contribution in [1.29, 1.82) is 0 Å². The molecule has 1 aliphatic rings. The monoisotopic (exact) mass is 338 g/mol. The third-order valence-corrected chi connectivity index (χ3v) is 4.31. The number of likely N-dealkylation sites (N-methyl/N-ethyl adjacent to an activating group) is 1. The molecule has 1 saturated heterocycles. The number of aromatic nitrogens is 2. The Labute approximate surface area is 144 Å². The van der Waals surface area contributed by atoms with Crippen LogP contribution in [0.1, 0.15) is 25.1 Å². The highest BCUT2D eigenvalue weighted by Gasteiger charge is 2.33. The summed E-state index contributed by atoms with van der Waals surface area (Å²) in [5.41, 5.74) is 2.18. The van der Waals surface area contributed by atoms with Gasteiger partial charge in [-0.15, -0.1) is 0 Å². The second-order valence-electron chi connectivity index (χ2n) is 7.35. The van der Waals surface area contributed by atoms with Crippen molar-refractivity contribution < 1.29 is 14.3 Å². The van der Waals surface area contributed by atoms with E-state index in [1.807, 2.05) is 17.9 Å². The zero-order valence-electron chi connectivity index (χ0n) is 15.7. The molecule has 0 saturated carbocycles. The first-order chi connectivity index (χ1) is 11.2. The SMILES string of the molecule is Cc1c(CN2CC(COCC(=O)N(C)C)OC(C)(C)C2)cnn1C. The smallest absolute Gasteiger partial charge is 0.248 e. The van der Waals surface area contributed by atoms with Crippen LogP contribution < -0.4 is 0 Å². The van der Waals surface area contributed by atoms with Gasteiger partial charge in [-0.05, 0) is 20.8 Å². The van der Waals surface area contributed by atoms with Gasteiger partial charge in [-0.25, -0.2) is 0 Å². The molecule has 1 aromatic rings. The van der Waals surface area contributed by atoms with Gasteiger partial charge in [0, 0.05) is 52.0 Å². The molecule has 0 N–H and O–H groups in total. The molecule has 136 valence electrons. The van der Waals surface area contributed by atoms with Crippen molar-refractivity contribution in [3.8, 4) is 0 Å². The average molecular weight is 338 g/mol. The summed E-state index contributed by atoms with van der Waals surface area (Å²) in [6.07, 6.45) is 1.89. The van der Waals surface area contributed by atoms with Crippen LogP contribution in [-0.4, -0.2) is 77.6 Å². The number of aryl methyl sites for hydroxylation is 1. The van der Waals surface area contributed by atoms with Crippen molar-refractivity contribution in [2.45, 2.75) is 39.0 Å². The molecule has 1 atom stereocenters. The number of amides is 1. The highest BCUT2D eigenvalue weighted by molar-refractivity contribution is 5.76. The van der Waals surface area contributed by atoms with E-state index in [4.69, 9.17) is 9.47 Å². The van der Waals surface area contributed by atoms with Gasteiger partial charge in [0.1, 0.15) is 6.61 Å². The Morgan fingerprint density at radius 1 is 1.50 bits per heavy atom. The standard InChI is InChI=1S/C17H30N4O3/c1-13-14(7-18-20(13)6)8-21-9-15(24-17(2,3)12-21)10-23-11-16(22)19(4)5/h7,15H,8-12H2,1-6H3. The molecule has 0 aliphatic carbocycles. The van der Waals surface area contributed by atoms with E-state index in [0.717, 1.165) is 19.6 Å². The fourth-order valence-electron chi connectivity index (χ4n) is 2.97. The predicted octanol–water partition coefficient (Wildman–Crippen LogP) is 0.813. The molecule has 0 radical (unpaired) electrons. The molecule has 1 fully saturated rings. The molecule has 1 amide bonds. The minimum Gasteiger partial charge on any atom is -0.369 e. The molecular formula is C17H30N4O3. The molecule has 1 unspecified atom stereocenters. The second-order valence-corrected chi connectivity index (χ2v) is 7.35. The average Bonchev–Trinajstić information content (AvgIpc) is 2.77. The predicted molar refractivity (Wildman–Crippen MR) is 91.7 cm³/mol. The third-order valence-electron chi connectivity index (χ3n) is 4.31. The van der Waals surface area contributed by atoms with E-state index in [1.54, 1.807) is 14.1 Å². The van der Waals surface area contributed by atoms with E-state index < -0.39 is 0 Å². The first kappa shape index (κ1) is 18.9. The van der Waals surface area contributed by atoms with Crippen LogP contribution in [0.3, 0.4) is 0 Å². The van der Waals surface area contributed by atoms with Crippen LogP contribution in [0, 0.1) is 6.92 Å². The van der Waals surface area contributed by atoms with Gasteiger partial charge < -0.3 is 14.4 Å². The first-order valence-electron chi connectivity index (χ1n) is 8.33. The van der Waals surface area contributed by atoms with Gasteiger partial charge in [0.15, 0.2) is 0 Å². The largest absolute Gasteiger partial charge is 0.369 e. The van der Waals surface area contributed by atoms with Gasteiger partial charge in [0.25, 0.3) is 0 Å². The van der Waals surface area contributed by atoms with Crippen molar-refractivity contribution in [1.82, 2.24) is 19.6 Å². The van der Waals surface area contributed by atoms with E-state index in [9.17, 15) is 4.79 Å². The summed E-state index contributed by atoms with van der Waals surface area (Å²) in [4.78, 5) is 15.5. The third kappa shape index (κ3) is 5.03. The second kappa shape index (κ2) is 7.63. The van der Waals surface area contributed by atoms with E-state index in [2.05, 4.69) is 30.8 Å². The number of hydrogen-bond acceptors (Lipinski definition) is 5. The van der Waals surface area contributed by atoms with Gasteiger partial charge in [-0.3, -0.25) is 14.4 Å². The summed E-state index contributed by atoms with van der Waals surface area (Å²) in [5, 5.41) is 4.31. The summed E-state index contributed by atoms with van der Waals surface area (Å²) < 4.78 is 13.6. The number of hydrogen-bond donors (Lipinski definition) is 0. The molecule has 1 aliphatic heterocycles. The Morgan fingerprint density at radius 3 is 2.79 bits per heavy atom. The van der Waals surface area contributed by atoms with Crippen LogP contribution in [0.2, 0.25) is 0 Å². The fourth-order valence-corrected chi connectivity index (χ4v) is 2.97. The van der Waals surface area contributed by atoms with E-state index >= 15 is 0 Å². The highest BCUT2D eigenvalue weighted by atomic mass is 16.5. The van der Waals surface area contributed by atoms with E-state index in [1.165, 1.54) is 16.2 Å². The maximum Gasteiger partial charge on any atom is 0.248 e. The van der Waals surface area contributed by atoms with Gasteiger partial charge in [0.05, 0.1) is 24.5 Å². The molecule has 2 heterocycles. The lowest BCUT2D eigenvalue weighted by Gasteiger charge is -2.42. The van der Waals surface area contributed by atoms with Crippen molar-refractivity contribution in [3.63, 3.8) is 0 Å². The molecule has 2 rings (SSSR count). The summed E-state index contributed by atoms with van der Waals surface area (Å²) in [5.74, 6) is -0.0343. The molecule has 0 bridgehead atoms. The Balaban J connectivity index is 1.91. The number of nitrogens with zero attached hydrogens (tertiary/aromatic N) is 4. The van der Waals surface area contributed by atoms with E-state index in [-0.39, 0.29) is 24.2 Å². The molecule has 0 spiro atoms. The fraction of sp³-hybridized carbons (Fsp3) is 0.765. The zero-order chi connectivity index (χ0) is 17.9. The van der Waals surface area contributed by atoms with Gasteiger partial charge >= 0.3 is 0 Å². The number of morpholine rings is 1. The van der Waals surface area contributed by atoms with Crippen molar-refractivity contribution >= 4 is 5.91 Å². The van der Waals surface area contributed by atoms with Crippen LogP contribution in [0.25, 0.3) is 0 Å². The summed E-state index contributed by atoms with van der Waals surface area (Å²) >= 11 is 0. The molecule has 24 heavy (non-hydrogen) atoms. The first-order valence-corrected chi connectivity index (χ1v) is 8.33. The lowest BCUT2D eigenvalue weighted by atomic mass is 10.0. The normalized spacial score (nSPS) is 21.0. The van der Waals surface area contributed by atoms with E-state index in [0.29, 0.717) is 6.61 Å². The quantitative estimate of drug-likeness (QED) is 0.768. The lowest BCUT2D eigenvalue weighted by Crippen LogP contribution is -2.53. The molecule has 0 aromatic carbocycles. The van der Waals surface area contributed by atoms with Crippen molar-refractivity contribution in [3.05, 3.63) is 17.5 Å². The topological polar surface area (TPSA) is 59.8 Å². The highest BCUT2D eigenvalue weighted by Crippen LogP contribution is 2.23. The van der Waals surface area contributed by atoms with Crippen molar-refractivity contribution in [2.75, 3.05) is 40.4 Å². The number of ether oxygens (including phenoxy) is 2. The number of rotatable bonds is 6. The Kier molecular flexibility index (Phi) is 6.01. The van der Waals surface area contributed by atoms with Gasteiger partial charge in [-0.1, -0.05) is 0 Å². The van der Waals surface area contributed by atoms with Gasteiger partial charge in [0.2, 0.25) is 5.91 Å². The summed E-state index contributed by atoms with van der Waals surface area (Å²) in [6, 6.07) is 0. The number of carbonyl (C=O) groups is 1. The Bertz CT molecular complexity index is 568. The minimum absolute atomic E-state index is 0.0343. The Hall–Kier alpha value is -1.44. The molecular weight excluding hydrogens is 308 g/mol. The maximum absolute atomic E-state index is 11.6. The minimum atomic E-state index is -0.242. The lowest BCUT2D eigenvalue weighted by molar-refractivity contribution is -0.161. The van der Waals surface area contributed by atoms with Crippen LogP contribution in [0.4, 0.5) is 0 Å². The zero-order valence-corrected chi connectivity index (χ0v) is 15.7. The van der Waals surface area contributed by atoms with Crippen LogP contribution in [0.5, 0.6) is 0 Å². The molecule has 7 heteroatoms. The van der Waals surface area contributed by atoms with Crippen LogP contribution >= 0.6 is 0 Å². The van der Waals surface area contributed by atoms with Crippen LogP contribution in [0.15, 0.2) is 6.20 Å². The summed E-state index contributed by atoms with van der Waals surface area (Å²) in [7, 11) is 5.41. The summed E-state index contributed by atoms with van der Waals surface area (Å²) in [6.45, 7) is 9.27. The Morgan fingerprint density at radius 2 is 2.21 bits per heavy atom.